The van der Waals surface area contributed by atoms with Crippen LogP contribution in [0.1, 0.15) is 50.8 Å². The smallest absolute Gasteiger partial charge is 0.264 e. The van der Waals surface area contributed by atoms with Gasteiger partial charge in [-0.1, -0.05) is 67.1 Å². The molecule has 0 saturated heterocycles. The Morgan fingerprint density at radius 1 is 0.872 bits per heavy atom. The molecular weight excluding hydrogens is 510 g/mol. The zero-order valence-electron chi connectivity index (χ0n) is 23.6. The molecule has 39 heavy (non-hydrogen) atoms. The van der Waals surface area contributed by atoms with Gasteiger partial charge in [0, 0.05) is 12.1 Å². The third kappa shape index (κ3) is 7.69. The number of hydrogen-bond donors (Lipinski definition) is 1. The number of carbonyl (C=O) groups excluding carboxylic acids is 2. The molecule has 0 bridgehead atoms. The van der Waals surface area contributed by atoms with E-state index < -0.39 is 34.1 Å². The van der Waals surface area contributed by atoms with Gasteiger partial charge in [-0.15, -0.1) is 0 Å². The van der Waals surface area contributed by atoms with Crippen molar-refractivity contribution in [3.8, 4) is 0 Å². The van der Waals surface area contributed by atoms with Crippen LogP contribution >= 0.6 is 0 Å². The molecule has 1 atom stereocenters. The van der Waals surface area contributed by atoms with Gasteiger partial charge in [0.1, 0.15) is 12.6 Å². The van der Waals surface area contributed by atoms with Crippen molar-refractivity contribution < 1.29 is 18.0 Å². The summed E-state index contributed by atoms with van der Waals surface area (Å²) in [4.78, 5) is 29.1. The summed E-state index contributed by atoms with van der Waals surface area (Å²) in [5.74, 6) is -0.742. The lowest BCUT2D eigenvalue weighted by Gasteiger charge is -2.35. The minimum Gasteiger partial charge on any atom is -0.350 e. The lowest BCUT2D eigenvalue weighted by molar-refractivity contribution is -0.141. The number of nitrogens with one attached hydrogen (secondary N) is 1. The van der Waals surface area contributed by atoms with E-state index in [-0.39, 0.29) is 17.3 Å². The minimum atomic E-state index is -4.07. The van der Waals surface area contributed by atoms with Crippen molar-refractivity contribution in [2.24, 2.45) is 0 Å². The van der Waals surface area contributed by atoms with Crippen molar-refractivity contribution in [3.63, 3.8) is 0 Å². The first-order chi connectivity index (χ1) is 18.3. The van der Waals surface area contributed by atoms with Gasteiger partial charge in [-0.3, -0.25) is 13.9 Å². The number of amides is 2. The van der Waals surface area contributed by atoms with Gasteiger partial charge in [-0.05, 0) is 76.4 Å². The van der Waals surface area contributed by atoms with Crippen molar-refractivity contribution in [2.75, 3.05) is 10.8 Å². The van der Waals surface area contributed by atoms with Crippen LogP contribution in [-0.4, -0.2) is 43.3 Å². The summed E-state index contributed by atoms with van der Waals surface area (Å²) in [5, 5.41) is 2.99. The van der Waals surface area contributed by atoms with Crippen molar-refractivity contribution in [2.45, 2.75) is 71.0 Å². The maximum atomic E-state index is 14.1. The Labute approximate surface area is 232 Å². The molecular formula is C31H39N3O4S. The second-order valence-electron chi connectivity index (χ2n) is 10.8. The molecule has 0 aliphatic heterocycles. The number of rotatable bonds is 10. The fourth-order valence-electron chi connectivity index (χ4n) is 4.30. The van der Waals surface area contributed by atoms with Gasteiger partial charge in [-0.2, -0.15) is 0 Å². The molecule has 0 aliphatic rings. The number of aryl methyl sites for hydroxylation is 2. The van der Waals surface area contributed by atoms with E-state index in [1.807, 2.05) is 77.9 Å². The van der Waals surface area contributed by atoms with E-state index in [1.165, 1.54) is 17.0 Å². The van der Waals surface area contributed by atoms with Crippen molar-refractivity contribution in [1.82, 2.24) is 10.2 Å². The first-order valence-electron chi connectivity index (χ1n) is 13.1. The number of hydrogen-bond acceptors (Lipinski definition) is 4. The monoisotopic (exact) mass is 549 g/mol. The molecule has 3 aromatic carbocycles. The van der Waals surface area contributed by atoms with Crippen LogP contribution in [0.25, 0.3) is 0 Å². The summed E-state index contributed by atoms with van der Waals surface area (Å²) in [6.07, 6.45) is 0.371. The van der Waals surface area contributed by atoms with Crippen molar-refractivity contribution in [1.29, 1.82) is 0 Å². The van der Waals surface area contributed by atoms with Crippen LogP contribution in [0, 0.1) is 13.8 Å². The molecule has 208 valence electrons. The topological polar surface area (TPSA) is 86.8 Å². The normalized spacial score (nSPS) is 12.5. The SMILES string of the molecule is CC[C@H](C(=O)NC(C)(C)C)N(Cc1ccccc1C)C(=O)CN(c1ccc(C)cc1)S(=O)(=O)c1ccccc1. The Morgan fingerprint density at radius 3 is 2.03 bits per heavy atom. The average Bonchev–Trinajstić information content (AvgIpc) is 2.88. The molecule has 0 radical (unpaired) electrons. The molecule has 0 heterocycles. The highest BCUT2D eigenvalue weighted by Gasteiger charge is 2.34. The predicted molar refractivity (Wildman–Crippen MR) is 156 cm³/mol. The molecule has 0 aliphatic carbocycles. The molecule has 3 aromatic rings. The van der Waals surface area contributed by atoms with Crippen LogP contribution in [-0.2, 0) is 26.2 Å². The molecule has 0 saturated carbocycles. The van der Waals surface area contributed by atoms with E-state index in [0.717, 1.165) is 21.0 Å². The molecule has 0 aromatic heterocycles. The summed E-state index contributed by atoms with van der Waals surface area (Å²) >= 11 is 0. The van der Waals surface area contributed by atoms with E-state index in [9.17, 15) is 18.0 Å². The Kier molecular flexibility index (Phi) is 9.56. The fourth-order valence-corrected chi connectivity index (χ4v) is 5.74. The summed E-state index contributed by atoms with van der Waals surface area (Å²) in [6, 6.07) is 22.0. The summed E-state index contributed by atoms with van der Waals surface area (Å²) in [6.45, 7) is 11.1. The average molecular weight is 550 g/mol. The zero-order valence-corrected chi connectivity index (χ0v) is 24.5. The van der Waals surface area contributed by atoms with Crippen LogP contribution < -0.4 is 9.62 Å². The highest BCUT2D eigenvalue weighted by Crippen LogP contribution is 2.25. The molecule has 2 amide bonds. The van der Waals surface area contributed by atoms with Gasteiger partial charge in [0.15, 0.2) is 0 Å². The molecule has 8 heteroatoms. The largest absolute Gasteiger partial charge is 0.350 e. The maximum absolute atomic E-state index is 14.1. The first-order valence-corrected chi connectivity index (χ1v) is 14.6. The first kappa shape index (κ1) is 29.9. The zero-order chi connectivity index (χ0) is 28.8. The molecule has 1 N–H and O–H groups in total. The van der Waals surface area contributed by atoms with Gasteiger partial charge < -0.3 is 10.2 Å². The van der Waals surface area contributed by atoms with Crippen molar-refractivity contribution in [3.05, 3.63) is 95.6 Å². The minimum absolute atomic E-state index is 0.0846. The molecule has 0 spiro atoms. The second-order valence-corrected chi connectivity index (χ2v) is 12.6. The van der Waals surface area contributed by atoms with E-state index in [4.69, 9.17) is 0 Å². The molecule has 7 nitrogen and oxygen atoms in total. The van der Waals surface area contributed by atoms with Crippen LogP contribution in [0.2, 0.25) is 0 Å². The highest BCUT2D eigenvalue weighted by molar-refractivity contribution is 7.92. The Balaban J connectivity index is 2.07. The number of benzene rings is 3. The number of sulfonamides is 1. The van der Waals surface area contributed by atoms with Gasteiger partial charge >= 0.3 is 0 Å². The van der Waals surface area contributed by atoms with Gasteiger partial charge in [0.25, 0.3) is 10.0 Å². The summed E-state index contributed by atoms with van der Waals surface area (Å²) < 4.78 is 28.8. The van der Waals surface area contributed by atoms with E-state index in [1.54, 1.807) is 30.3 Å². The van der Waals surface area contributed by atoms with E-state index >= 15 is 0 Å². The second kappa shape index (κ2) is 12.5. The highest BCUT2D eigenvalue weighted by atomic mass is 32.2. The van der Waals surface area contributed by atoms with Crippen molar-refractivity contribution >= 4 is 27.5 Å². The van der Waals surface area contributed by atoms with Crippen LogP contribution in [0.4, 0.5) is 5.69 Å². The van der Waals surface area contributed by atoms with Crippen LogP contribution in [0.15, 0.2) is 83.8 Å². The number of anilines is 1. The van der Waals surface area contributed by atoms with Gasteiger partial charge in [0.2, 0.25) is 11.8 Å². The van der Waals surface area contributed by atoms with Gasteiger partial charge in [0.05, 0.1) is 10.6 Å². The number of nitrogens with zero attached hydrogens (tertiary/aromatic N) is 2. The van der Waals surface area contributed by atoms with Crippen LogP contribution in [0.5, 0.6) is 0 Å². The number of carbonyl (C=O) groups is 2. The summed E-state index contributed by atoms with van der Waals surface area (Å²) in [5.41, 5.74) is 2.72. The summed E-state index contributed by atoms with van der Waals surface area (Å²) in [7, 11) is -4.07. The Hall–Kier alpha value is -3.65. The van der Waals surface area contributed by atoms with Gasteiger partial charge in [-0.25, -0.2) is 8.42 Å². The molecule has 0 unspecified atom stereocenters. The Bertz CT molecular complexity index is 1380. The van der Waals surface area contributed by atoms with E-state index in [2.05, 4.69) is 5.32 Å². The standard InChI is InChI=1S/C31H39N3O4S/c1-7-28(30(36)32-31(4,5)6)33(21-25-14-12-11-13-24(25)3)29(35)22-34(26-19-17-23(2)18-20-26)39(37,38)27-15-9-8-10-16-27/h8-20,28H,7,21-22H2,1-6H3,(H,32,36)/t28-/m1/s1. The molecule has 3 rings (SSSR count). The third-order valence-electron chi connectivity index (χ3n) is 6.42. The lowest BCUT2D eigenvalue weighted by Crippen LogP contribution is -2.55. The van der Waals surface area contributed by atoms with E-state index in [0.29, 0.717) is 12.1 Å². The quantitative estimate of drug-likeness (QED) is 0.376. The lowest BCUT2D eigenvalue weighted by atomic mass is 10.0. The third-order valence-corrected chi connectivity index (χ3v) is 8.21. The molecule has 0 fully saturated rings. The van der Waals surface area contributed by atoms with Crippen LogP contribution in [0.3, 0.4) is 0 Å². The predicted octanol–water partition coefficient (Wildman–Crippen LogP) is 5.22. The fraction of sp³-hybridized carbons (Fsp3) is 0.355. The Morgan fingerprint density at radius 2 is 1.46 bits per heavy atom. The maximum Gasteiger partial charge on any atom is 0.264 e.